The van der Waals surface area contributed by atoms with Crippen LogP contribution in [0.25, 0.3) is 22.2 Å². The van der Waals surface area contributed by atoms with E-state index in [1.54, 1.807) is 11.6 Å². The van der Waals surface area contributed by atoms with Gasteiger partial charge in [0.05, 0.1) is 11.4 Å². The molecule has 3 rings (SSSR count). The van der Waals surface area contributed by atoms with E-state index < -0.39 is 0 Å². The molecule has 102 valence electrons. The number of benzene rings is 1. The van der Waals surface area contributed by atoms with Gasteiger partial charge in [0, 0.05) is 13.1 Å². The Kier molecular flexibility index (Phi) is 2.93. The molecule has 0 atom stereocenters. The number of fused-ring (bicyclic) bond motifs is 1. The number of nitrogens with zero attached hydrogens (tertiary/aromatic N) is 2. The van der Waals surface area contributed by atoms with Crippen LogP contribution in [0.5, 0.6) is 0 Å². The van der Waals surface area contributed by atoms with E-state index in [1.807, 2.05) is 44.2 Å². The van der Waals surface area contributed by atoms with Crippen LogP contribution < -0.4 is 5.56 Å². The van der Waals surface area contributed by atoms with Crippen molar-refractivity contribution in [1.82, 2.24) is 9.72 Å². The fraction of sp³-hybridized carbons (Fsp3) is 0.250. The summed E-state index contributed by atoms with van der Waals surface area (Å²) in [6.45, 7) is 4.00. The van der Waals surface area contributed by atoms with Gasteiger partial charge >= 0.3 is 0 Å². The molecule has 0 aliphatic carbocycles. The summed E-state index contributed by atoms with van der Waals surface area (Å²) in [6, 6.07) is 9.96. The van der Waals surface area contributed by atoms with Crippen molar-refractivity contribution in [3.8, 4) is 11.3 Å². The van der Waals surface area contributed by atoms with Gasteiger partial charge in [-0.1, -0.05) is 41.9 Å². The average molecular weight is 268 g/mol. The molecular formula is C16H16N2O2. The molecular weight excluding hydrogens is 252 g/mol. The maximum atomic E-state index is 12.5. The summed E-state index contributed by atoms with van der Waals surface area (Å²) in [5, 5.41) is 4.57. The van der Waals surface area contributed by atoms with Crippen LogP contribution in [-0.2, 0) is 13.5 Å². The van der Waals surface area contributed by atoms with Crippen LogP contribution in [0.1, 0.15) is 18.2 Å². The first-order chi connectivity index (χ1) is 9.61. The molecule has 1 aromatic carbocycles. The maximum Gasteiger partial charge on any atom is 0.263 e. The molecule has 4 nitrogen and oxygen atoms in total. The number of aromatic nitrogens is 2. The van der Waals surface area contributed by atoms with Crippen LogP contribution in [0.4, 0.5) is 0 Å². The van der Waals surface area contributed by atoms with Crippen LogP contribution in [0.2, 0.25) is 0 Å². The minimum Gasteiger partial charge on any atom is -0.356 e. The molecule has 0 aliphatic heterocycles. The summed E-state index contributed by atoms with van der Waals surface area (Å²) in [5.41, 5.74) is 4.23. The summed E-state index contributed by atoms with van der Waals surface area (Å²) in [7, 11) is 1.78. The van der Waals surface area contributed by atoms with Gasteiger partial charge in [-0.2, -0.15) is 0 Å². The lowest BCUT2D eigenvalue weighted by Gasteiger charge is -2.08. The maximum absolute atomic E-state index is 12.5. The first-order valence-electron chi connectivity index (χ1n) is 6.67. The van der Waals surface area contributed by atoms with E-state index in [9.17, 15) is 4.79 Å². The fourth-order valence-electron chi connectivity index (χ4n) is 2.41. The molecule has 0 bridgehead atoms. The summed E-state index contributed by atoms with van der Waals surface area (Å²) in [4.78, 5) is 12.5. The van der Waals surface area contributed by atoms with Gasteiger partial charge in [-0.15, -0.1) is 0 Å². The third kappa shape index (κ3) is 1.84. The van der Waals surface area contributed by atoms with Gasteiger partial charge in [0.15, 0.2) is 5.58 Å². The van der Waals surface area contributed by atoms with E-state index >= 15 is 0 Å². The number of pyridine rings is 1. The van der Waals surface area contributed by atoms with Gasteiger partial charge in [-0.05, 0) is 18.9 Å². The van der Waals surface area contributed by atoms with Crippen molar-refractivity contribution in [2.24, 2.45) is 7.05 Å². The van der Waals surface area contributed by atoms with Crippen molar-refractivity contribution < 1.29 is 4.52 Å². The number of aryl methyl sites for hydroxylation is 2. The smallest absolute Gasteiger partial charge is 0.263 e. The van der Waals surface area contributed by atoms with Crippen LogP contribution in [0.3, 0.4) is 0 Å². The van der Waals surface area contributed by atoms with Crippen molar-refractivity contribution in [2.45, 2.75) is 20.3 Å². The molecule has 0 fully saturated rings. The van der Waals surface area contributed by atoms with Crippen molar-refractivity contribution >= 4 is 11.0 Å². The van der Waals surface area contributed by atoms with Gasteiger partial charge in [0.25, 0.3) is 5.56 Å². The van der Waals surface area contributed by atoms with Crippen molar-refractivity contribution in [1.29, 1.82) is 0 Å². The van der Waals surface area contributed by atoms with Crippen LogP contribution in [0, 0.1) is 6.92 Å². The Morgan fingerprint density at radius 1 is 1.25 bits per heavy atom. The molecule has 0 saturated heterocycles. The lowest BCUT2D eigenvalue weighted by Crippen LogP contribution is -2.18. The Morgan fingerprint density at radius 2 is 1.95 bits per heavy atom. The topological polar surface area (TPSA) is 48.0 Å². The third-order valence-electron chi connectivity index (χ3n) is 3.62. The average Bonchev–Trinajstić information content (AvgIpc) is 2.87. The predicted molar refractivity (Wildman–Crippen MR) is 78.8 cm³/mol. The minimum absolute atomic E-state index is 0.0591. The van der Waals surface area contributed by atoms with Crippen LogP contribution in [-0.4, -0.2) is 9.72 Å². The standard InChI is InChI=1S/C16H16N2O2/c1-4-12-15-14(20-17-12)9-13(18(3)16(15)19)11-7-5-10(2)6-8-11/h5-9H,4H2,1-3H3. The fourth-order valence-corrected chi connectivity index (χ4v) is 2.41. The Morgan fingerprint density at radius 3 is 2.60 bits per heavy atom. The second-order valence-corrected chi connectivity index (χ2v) is 4.98. The highest BCUT2D eigenvalue weighted by molar-refractivity contribution is 5.82. The Hall–Kier alpha value is -2.36. The molecule has 0 saturated carbocycles. The molecule has 0 radical (unpaired) electrons. The lowest BCUT2D eigenvalue weighted by atomic mass is 10.1. The second-order valence-electron chi connectivity index (χ2n) is 4.98. The first kappa shape index (κ1) is 12.7. The van der Waals surface area contributed by atoms with Crippen molar-refractivity contribution in [3.05, 3.63) is 51.9 Å². The molecule has 4 heteroatoms. The number of hydrogen-bond donors (Lipinski definition) is 0. The normalized spacial score (nSPS) is 11.2. The molecule has 0 unspecified atom stereocenters. The molecule has 20 heavy (non-hydrogen) atoms. The SMILES string of the molecule is CCc1noc2cc(-c3ccc(C)cc3)n(C)c(=O)c12. The zero-order chi connectivity index (χ0) is 14.3. The highest BCUT2D eigenvalue weighted by atomic mass is 16.5. The first-order valence-corrected chi connectivity index (χ1v) is 6.67. The monoisotopic (exact) mass is 268 g/mol. The largest absolute Gasteiger partial charge is 0.356 e. The summed E-state index contributed by atoms with van der Waals surface area (Å²) in [6.07, 6.45) is 0.687. The number of rotatable bonds is 2. The van der Waals surface area contributed by atoms with E-state index in [2.05, 4.69) is 5.16 Å². The molecule has 0 aliphatic rings. The quantitative estimate of drug-likeness (QED) is 0.717. The van der Waals surface area contributed by atoms with E-state index in [4.69, 9.17) is 4.52 Å². The Labute approximate surface area is 116 Å². The molecule has 2 heterocycles. The summed E-state index contributed by atoms with van der Waals surface area (Å²) < 4.78 is 6.95. The molecule has 0 N–H and O–H groups in total. The number of hydrogen-bond acceptors (Lipinski definition) is 3. The highest BCUT2D eigenvalue weighted by Crippen LogP contribution is 2.23. The van der Waals surface area contributed by atoms with Gasteiger partial charge in [-0.25, -0.2) is 0 Å². The van der Waals surface area contributed by atoms with Crippen LogP contribution >= 0.6 is 0 Å². The van der Waals surface area contributed by atoms with E-state index in [0.29, 0.717) is 17.4 Å². The highest BCUT2D eigenvalue weighted by Gasteiger charge is 2.15. The Bertz CT molecular complexity index is 826. The van der Waals surface area contributed by atoms with E-state index in [1.165, 1.54) is 5.56 Å². The summed E-state index contributed by atoms with van der Waals surface area (Å²) >= 11 is 0. The lowest BCUT2D eigenvalue weighted by molar-refractivity contribution is 0.447. The zero-order valence-corrected chi connectivity index (χ0v) is 11.8. The molecule has 2 aromatic heterocycles. The second kappa shape index (κ2) is 4.63. The predicted octanol–water partition coefficient (Wildman–Crippen LogP) is 3.06. The van der Waals surface area contributed by atoms with Crippen molar-refractivity contribution in [2.75, 3.05) is 0 Å². The van der Waals surface area contributed by atoms with Gasteiger partial charge in [0.1, 0.15) is 5.39 Å². The van der Waals surface area contributed by atoms with Crippen molar-refractivity contribution in [3.63, 3.8) is 0 Å². The zero-order valence-electron chi connectivity index (χ0n) is 11.8. The third-order valence-corrected chi connectivity index (χ3v) is 3.62. The van der Waals surface area contributed by atoms with E-state index in [0.717, 1.165) is 17.0 Å². The Balaban J connectivity index is 2.30. The van der Waals surface area contributed by atoms with Crippen LogP contribution in [0.15, 0.2) is 39.6 Å². The molecule has 0 spiro atoms. The van der Waals surface area contributed by atoms with E-state index in [-0.39, 0.29) is 5.56 Å². The van der Waals surface area contributed by atoms with Gasteiger partial charge in [0.2, 0.25) is 0 Å². The van der Waals surface area contributed by atoms with Gasteiger partial charge in [-0.3, -0.25) is 4.79 Å². The minimum atomic E-state index is -0.0591. The van der Waals surface area contributed by atoms with Gasteiger partial charge < -0.3 is 9.09 Å². The molecule has 3 aromatic rings. The summed E-state index contributed by atoms with van der Waals surface area (Å²) in [5.74, 6) is 0. The molecule has 0 amide bonds.